The molecule has 0 aliphatic carbocycles. The van der Waals surface area contributed by atoms with E-state index in [-0.39, 0.29) is 0 Å². The van der Waals surface area contributed by atoms with Crippen molar-refractivity contribution in [1.82, 2.24) is 0 Å². The molecule has 0 radical (unpaired) electrons. The Morgan fingerprint density at radius 2 is 1.33 bits per heavy atom. The summed E-state index contributed by atoms with van der Waals surface area (Å²) >= 11 is 0. The molecule has 0 N–H and O–H groups in total. The third kappa shape index (κ3) is 5.76. The van der Waals surface area contributed by atoms with E-state index in [4.69, 9.17) is 23.7 Å². The van der Waals surface area contributed by atoms with Crippen LogP contribution in [0.4, 0.5) is 4.39 Å². The van der Waals surface area contributed by atoms with Gasteiger partial charge in [0.1, 0.15) is 12.7 Å². The van der Waals surface area contributed by atoms with E-state index in [2.05, 4.69) is 0 Å². The topological polar surface area (TPSA) is 114 Å². The van der Waals surface area contributed by atoms with Gasteiger partial charge in [0.2, 0.25) is 12.5 Å². The minimum Gasteiger partial charge on any atom is -0.463 e. The summed E-state index contributed by atoms with van der Waals surface area (Å²) in [6.45, 7) is 3.86. The summed E-state index contributed by atoms with van der Waals surface area (Å²) in [5.74, 6) is -3.11. The van der Waals surface area contributed by atoms with Gasteiger partial charge in [0.25, 0.3) is 0 Å². The molecule has 9 nitrogen and oxygen atoms in total. The van der Waals surface area contributed by atoms with Crippen LogP contribution in [0.3, 0.4) is 0 Å². The largest absolute Gasteiger partial charge is 0.463 e. The van der Waals surface area contributed by atoms with Crippen LogP contribution in [0.2, 0.25) is 0 Å². The Morgan fingerprint density at radius 1 is 0.833 bits per heavy atom. The smallest absolute Gasteiger partial charge is 0.305 e. The first kappa shape index (κ1) is 19.8. The van der Waals surface area contributed by atoms with Crippen molar-refractivity contribution in [3.63, 3.8) is 0 Å². The molecule has 10 heteroatoms. The Labute approximate surface area is 137 Å². The molecule has 1 rings (SSSR count). The minimum absolute atomic E-state index is 0.421. The van der Waals surface area contributed by atoms with Crippen LogP contribution in [0.25, 0.3) is 0 Å². The molecular weight excluding hydrogens is 330 g/mol. The van der Waals surface area contributed by atoms with Crippen LogP contribution < -0.4 is 0 Å². The van der Waals surface area contributed by atoms with E-state index in [0.717, 1.165) is 27.7 Å². The van der Waals surface area contributed by atoms with Crippen LogP contribution in [0.5, 0.6) is 0 Å². The van der Waals surface area contributed by atoms with Crippen LogP contribution in [0.1, 0.15) is 27.7 Å². The average molecular weight is 349 g/mol. The summed E-state index contributed by atoms with van der Waals surface area (Å²) < 4.78 is 39.0. The van der Waals surface area contributed by atoms with E-state index in [1.54, 1.807) is 0 Å². The fourth-order valence-corrected chi connectivity index (χ4v) is 2.12. The number of rotatable bonds is 5. The predicted molar refractivity (Wildman–Crippen MR) is 73.1 cm³/mol. The molecular formula is C14H19FO9. The molecule has 0 saturated carbocycles. The first-order valence-electron chi connectivity index (χ1n) is 7.06. The van der Waals surface area contributed by atoms with Crippen molar-refractivity contribution in [1.29, 1.82) is 0 Å². The number of esters is 4. The second-order valence-electron chi connectivity index (χ2n) is 5.05. The predicted octanol–water partition coefficient (Wildman–Crippen LogP) is 0.0390. The van der Waals surface area contributed by atoms with Crippen LogP contribution in [-0.2, 0) is 42.9 Å². The molecule has 0 bridgehead atoms. The summed E-state index contributed by atoms with van der Waals surface area (Å²) in [6, 6.07) is 0. The highest BCUT2D eigenvalue weighted by atomic mass is 18.2. The van der Waals surface area contributed by atoms with Gasteiger partial charge in [0.15, 0.2) is 12.2 Å². The van der Waals surface area contributed by atoms with Gasteiger partial charge in [-0.1, -0.05) is 0 Å². The Morgan fingerprint density at radius 3 is 1.79 bits per heavy atom. The second-order valence-corrected chi connectivity index (χ2v) is 5.05. The van der Waals surface area contributed by atoms with Crippen LogP contribution in [0, 0.1) is 0 Å². The van der Waals surface area contributed by atoms with Crippen molar-refractivity contribution in [2.45, 2.75) is 58.5 Å². The van der Waals surface area contributed by atoms with Crippen LogP contribution in [-0.4, -0.2) is 61.3 Å². The van der Waals surface area contributed by atoms with Gasteiger partial charge in [-0.15, -0.1) is 0 Å². The number of hydrogen-bond acceptors (Lipinski definition) is 9. The summed E-state index contributed by atoms with van der Waals surface area (Å²) in [4.78, 5) is 44.5. The Balaban J connectivity index is 3.08. The monoisotopic (exact) mass is 349 g/mol. The summed E-state index contributed by atoms with van der Waals surface area (Å²) in [7, 11) is 0. The highest BCUT2D eigenvalue weighted by molar-refractivity contribution is 5.68. The molecule has 24 heavy (non-hydrogen) atoms. The van der Waals surface area contributed by atoms with E-state index in [1.807, 2.05) is 0 Å². The molecule has 1 heterocycles. The Hall–Kier alpha value is -2.23. The maximum absolute atomic E-state index is 14.5. The Kier molecular flexibility index (Phi) is 7.08. The molecule has 0 aromatic rings. The molecule has 0 spiro atoms. The van der Waals surface area contributed by atoms with E-state index in [1.165, 1.54) is 0 Å². The van der Waals surface area contributed by atoms with E-state index < -0.39 is 61.3 Å². The molecule has 5 atom stereocenters. The van der Waals surface area contributed by atoms with Crippen molar-refractivity contribution in [2.75, 3.05) is 6.61 Å². The van der Waals surface area contributed by atoms with Gasteiger partial charge in [-0.25, -0.2) is 4.39 Å². The van der Waals surface area contributed by atoms with Crippen LogP contribution in [0.15, 0.2) is 0 Å². The zero-order chi connectivity index (χ0) is 18.4. The van der Waals surface area contributed by atoms with Gasteiger partial charge < -0.3 is 23.7 Å². The van der Waals surface area contributed by atoms with Crippen molar-refractivity contribution >= 4 is 23.9 Å². The maximum atomic E-state index is 14.5. The second kappa shape index (κ2) is 8.57. The van der Waals surface area contributed by atoms with Gasteiger partial charge in [0, 0.05) is 27.7 Å². The van der Waals surface area contributed by atoms with E-state index >= 15 is 0 Å². The van der Waals surface area contributed by atoms with Crippen molar-refractivity contribution in [2.24, 2.45) is 0 Å². The van der Waals surface area contributed by atoms with Gasteiger partial charge in [-0.2, -0.15) is 0 Å². The zero-order valence-electron chi connectivity index (χ0n) is 13.6. The minimum atomic E-state index is -2.10. The lowest BCUT2D eigenvalue weighted by molar-refractivity contribution is -0.284. The lowest BCUT2D eigenvalue weighted by Gasteiger charge is -2.41. The number of hydrogen-bond donors (Lipinski definition) is 0. The molecule has 0 unspecified atom stereocenters. The van der Waals surface area contributed by atoms with Crippen LogP contribution >= 0.6 is 0 Å². The normalized spacial score (nSPS) is 29.3. The van der Waals surface area contributed by atoms with Gasteiger partial charge >= 0.3 is 23.9 Å². The molecule has 1 aliphatic heterocycles. The van der Waals surface area contributed by atoms with Crippen molar-refractivity contribution in [3.8, 4) is 0 Å². The summed E-state index contributed by atoms with van der Waals surface area (Å²) in [6.07, 6.45) is -7.98. The molecule has 0 aromatic carbocycles. The van der Waals surface area contributed by atoms with E-state index in [0.29, 0.717) is 0 Å². The third-order valence-electron chi connectivity index (χ3n) is 2.91. The van der Waals surface area contributed by atoms with Crippen molar-refractivity contribution in [3.05, 3.63) is 0 Å². The highest BCUT2D eigenvalue weighted by Crippen LogP contribution is 2.29. The van der Waals surface area contributed by atoms with E-state index in [9.17, 15) is 23.6 Å². The number of ether oxygens (including phenoxy) is 5. The van der Waals surface area contributed by atoms with Gasteiger partial charge in [-0.05, 0) is 0 Å². The maximum Gasteiger partial charge on any atom is 0.305 e. The standard InChI is InChI=1S/C14H19FO9/c1-6(16)20-5-10-12(21-7(2)17)13(22-8(3)18)11(15)14(24-10)23-9(4)19/h10-14H,5H2,1-4H3/t10-,11+,12-,13-,14-/m1/s1/i15-1. The summed E-state index contributed by atoms with van der Waals surface area (Å²) in [5, 5.41) is 0. The fraction of sp³-hybridized carbons (Fsp3) is 0.714. The number of alkyl halides is 1. The number of carbonyl (C=O) groups is 4. The molecule has 1 fully saturated rings. The molecule has 1 aliphatic rings. The highest BCUT2D eigenvalue weighted by Gasteiger charge is 2.52. The number of carbonyl (C=O) groups excluding carboxylic acids is 4. The molecule has 0 amide bonds. The number of halogens is 1. The molecule has 1 saturated heterocycles. The average Bonchev–Trinajstić information content (AvgIpc) is 2.42. The van der Waals surface area contributed by atoms with Crippen molar-refractivity contribution < 1.29 is 47.3 Å². The first-order chi connectivity index (χ1) is 11.1. The summed E-state index contributed by atoms with van der Waals surface area (Å²) in [5.41, 5.74) is 0. The lowest BCUT2D eigenvalue weighted by atomic mass is 9.99. The fourth-order valence-electron chi connectivity index (χ4n) is 2.12. The third-order valence-corrected chi connectivity index (χ3v) is 2.91. The SMILES string of the molecule is CC(=O)OC[C@H]1O[C@@H](OC(C)=O)[C@@H]([18F])[C@@H](OC(C)=O)[C@@H]1OC(C)=O. The van der Waals surface area contributed by atoms with Gasteiger partial charge in [-0.3, -0.25) is 19.2 Å². The zero-order valence-corrected chi connectivity index (χ0v) is 13.6. The van der Waals surface area contributed by atoms with Gasteiger partial charge in [0.05, 0.1) is 0 Å². The first-order valence-corrected chi connectivity index (χ1v) is 7.06. The molecule has 0 aromatic heterocycles. The molecule has 136 valence electrons. The lowest BCUT2D eigenvalue weighted by Crippen LogP contribution is -2.60. The quantitative estimate of drug-likeness (QED) is 0.501. The Bertz CT molecular complexity index is 490.